The van der Waals surface area contributed by atoms with Gasteiger partial charge in [0.2, 0.25) is 0 Å². The van der Waals surface area contributed by atoms with Gasteiger partial charge in [-0.1, -0.05) is 206 Å². The van der Waals surface area contributed by atoms with E-state index in [1.807, 2.05) is 0 Å². The Morgan fingerprint density at radius 1 is 0.250 bits per heavy atom. The summed E-state index contributed by atoms with van der Waals surface area (Å²) < 4.78 is 0. The summed E-state index contributed by atoms with van der Waals surface area (Å²) in [6.07, 6.45) is 0. The zero-order valence-corrected chi connectivity index (χ0v) is 35.0. The second-order valence-corrected chi connectivity index (χ2v) is 17.7. The zero-order chi connectivity index (χ0) is 42.0. The molecule has 0 aliphatic heterocycles. The van der Waals surface area contributed by atoms with Crippen molar-refractivity contribution in [3.8, 4) is 55.8 Å². The molecule has 1 aromatic heterocycles. The van der Waals surface area contributed by atoms with Crippen LogP contribution >= 0.6 is 0 Å². The third-order valence-electron chi connectivity index (χ3n) is 14.7. The van der Waals surface area contributed by atoms with Gasteiger partial charge in [-0.2, -0.15) is 0 Å². The Hall–Kier alpha value is -8.13. The zero-order valence-electron chi connectivity index (χ0n) is 35.0. The van der Waals surface area contributed by atoms with Crippen molar-refractivity contribution in [3.05, 3.63) is 281 Å². The molecule has 0 saturated carbocycles. The molecule has 0 amide bonds. The summed E-state index contributed by atoms with van der Waals surface area (Å²) >= 11 is 0. The van der Waals surface area contributed by atoms with E-state index < -0.39 is 10.8 Å². The highest BCUT2D eigenvalue weighted by atomic mass is 14.7. The summed E-state index contributed by atoms with van der Waals surface area (Å²) in [5, 5.41) is 3.56. The highest BCUT2D eigenvalue weighted by Gasteiger charge is 2.52. The molecule has 14 rings (SSSR count). The van der Waals surface area contributed by atoms with E-state index in [4.69, 9.17) is 4.98 Å². The molecule has 1 spiro atoms. The first-order valence-corrected chi connectivity index (χ1v) is 22.4. The van der Waals surface area contributed by atoms with E-state index in [-0.39, 0.29) is 0 Å². The van der Waals surface area contributed by atoms with Crippen LogP contribution in [0.15, 0.2) is 237 Å². The van der Waals surface area contributed by atoms with Gasteiger partial charge >= 0.3 is 0 Å². The van der Waals surface area contributed by atoms with Gasteiger partial charge in [0.25, 0.3) is 0 Å². The average molecular weight is 810 g/mol. The predicted octanol–water partition coefficient (Wildman–Crippen LogP) is 15.4. The summed E-state index contributed by atoms with van der Waals surface area (Å²) in [6.45, 7) is 0. The van der Waals surface area contributed by atoms with Gasteiger partial charge in [0.05, 0.1) is 22.0 Å². The van der Waals surface area contributed by atoms with E-state index in [2.05, 4.69) is 237 Å². The molecule has 1 nitrogen and oxygen atoms in total. The lowest BCUT2D eigenvalue weighted by Gasteiger charge is -2.34. The van der Waals surface area contributed by atoms with E-state index in [1.165, 1.54) is 99.8 Å². The van der Waals surface area contributed by atoms with Gasteiger partial charge in [-0.05, 0) is 125 Å². The van der Waals surface area contributed by atoms with Gasteiger partial charge in [-0.3, -0.25) is 0 Å². The third kappa shape index (κ3) is 4.55. The number of para-hydroxylation sites is 1. The van der Waals surface area contributed by atoms with E-state index in [0.717, 1.165) is 22.2 Å². The van der Waals surface area contributed by atoms with Gasteiger partial charge in [-0.15, -0.1) is 0 Å². The van der Waals surface area contributed by atoms with Crippen LogP contribution in [-0.4, -0.2) is 4.98 Å². The van der Waals surface area contributed by atoms with Crippen molar-refractivity contribution in [2.45, 2.75) is 10.8 Å². The molecule has 0 fully saturated rings. The van der Waals surface area contributed by atoms with E-state index in [9.17, 15) is 0 Å². The molecule has 1 heteroatoms. The van der Waals surface area contributed by atoms with Crippen molar-refractivity contribution in [1.29, 1.82) is 0 Å². The molecule has 0 bridgehead atoms. The number of hydrogen-bond acceptors (Lipinski definition) is 1. The Balaban J connectivity index is 0.996. The van der Waals surface area contributed by atoms with Crippen molar-refractivity contribution in [1.82, 2.24) is 4.98 Å². The molecule has 1 heterocycles. The van der Waals surface area contributed by atoms with Crippen LogP contribution in [0.2, 0.25) is 0 Å². The van der Waals surface area contributed by atoms with Crippen molar-refractivity contribution in [2.75, 3.05) is 0 Å². The van der Waals surface area contributed by atoms with Crippen LogP contribution in [0.1, 0.15) is 44.5 Å². The molecule has 11 aromatic rings. The molecular formula is C63H39N. The minimum atomic E-state index is -0.466. The largest absolute Gasteiger partial charge is 0.247 e. The van der Waals surface area contributed by atoms with Gasteiger partial charge in [0.1, 0.15) is 0 Å². The quantitative estimate of drug-likeness (QED) is 0.161. The average Bonchev–Trinajstić information content (AvgIpc) is 3.96. The first kappa shape index (κ1) is 35.5. The second-order valence-electron chi connectivity index (χ2n) is 17.7. The van der Waals surface area contributed by atoms with Crippen molar-refractivity contribution >= 4 is 21.7 Å². The highest BCUT2D eigenvalue weighted by molar-refractivity contribution is 6.14. The Morgan fingerprint density at radius 3 is 1.34 bits per heavy atom. The maximum atomic E-state index is 5.54. The van der Waals surface area contributed by atoms with Gasteiger partial charge in [0.15, 0.2) is 0 Å². The van der Waals surface area contributed by atoms with Crippen LogP contribution in [0.4, 0.5) is 0 Å². The smallest absolute Gasteiger partial charge is 0.0788 e. The standard InChI is InChI=1S/C63H39N/c1-3-20-43(21-4-1)62(44-22-5-2-6-23-44)54-29-12-7-26-47(54)49-35-34-41(37-58(49)62)40-18-17-19-42(36-40)61-53-38-52-48-27-10-15-32-57(48)63(59(52)39-51(53)50-28-11-16-33-60(50)64-61)55-30-13-8-24-45(55)46-25-9-14-31-56(46)63/h1-39H. The minimum absolute atomic E-state index is 0.417. The molecule has 0 saturated heterocycles. The van der Waals surface area contributed by atoms with E-state index >= 15 is 0 Å². The summed E-state index contributed by atoms with van der Waals surface area (Å²) in [7, 11) is 0. The Bertz CT molecular complexity index is 3640. The van der Waals surface area contributed by atoms with Crippen molar-refractivity contribution in [3.63, 3.8) is 0 Å². The molecule has 296 valence electrons. The fourth-order valence-corrected chi connectivity index (χ4v) is 12.2. The van der Waals surface area contributed by atoms with Crippen molar-refractivity contribution < 1.29 is 0 Å². The van der Waals surface area contributed by atoms with E-state index in [1.54, 1.807) is 0 Å². The molecule has 0 unspecified atom stereocenters. The maximum Gasteiger partial charge on any atom is 0.0788 e. The lowest BCUT2D eigenvalue weighted by Crippen LogP contribution is -2.28. The molecule has 3 aliphatic rings. The molecule has 0 atom stereocenters. The number of hydrogen-bond donors (Lipinski definition) is 0. The number of nitrogens with zero attached hydrogens (tertiary/aromatic N) is 1. The Morgan fingerprint density at radius 2 is 0.719 bits per heavy atom. The van der Waals surface area contributed by atoms with Crippen LogP contribution in [0, 0.1) is 0 Å². The molecule has 0 N–H and O–H groups in total. The summed E-state index contributed by atoms with van der Waals surface area (Å²) in [5.41, 5.74) is 22.9. The lowest BCUT2D eigenvalue weighted by molar-refractivity contribution is 0.769. The van der Waals surface area contributed by atoms with Crippen LogP contribution < -0.4 is 0 Å². The van der Waals surface area contributed by atoms with Gasteiger partial charge in [-0.25, -0.2) is 4.98 Å². The topological polar surface area (TPSA) is 12.9 Å². The summed E-state index contributed by atoms with van der Waals surface area (Å²) in [4.78, 5) is 5.54. The Kier molecular flexibility index (Phi) is 7.31. The number of pyridine rings is 1. The van der Waals surface area contributed by atoms with Crippen LogP contribution in [0.25, 0.3) is 77.4 Å². The van der Waals surface area contributed by atoms with Crippen LogP contribution in [-0.2, 0) is 10.8 Å². The van der Waals surface area contributed by atoms with Crippen LogP contribution in [0.5, 0.6) is 0 Å². The number of fused-ring (bicyclic) bond motifs is 16. The van der Waals surface area contributed by atoms with Gasteiger partial charge < -0.3 is 0 Å². The lowest BCUT2D eigenvalue weighted by atomic mass is 9.67. The third-order valence-corrected chi connectivity index (χ3v) is 14.7. The number of rotatable bonds is 4. The SMILES string of the molecule is c1ccc(C2(c3ccccc3)c3ccccc3-c3ccc(-c4cccc(-c5nc6ccccc6c6cc7c(cc56)-c5ccccc5C75c6ccccc6-c6ccccc65)c4)cc32)cc1. The van der Waals surface area contributed by atoms with E-state index in [0.29, 0.717) is 0 Å². The van der Waals surface area contributed by atoms with Crippen LogP contribution in [0.3, 0.4) is 0 Å². The van der Waals surface area contributed by atoms with Gasteiger partial charge in [0, 0.05) is 16.3 Å². The summed E-state index contributed by atoms with van der Waals surface area (Å²) in [6, 6.07) is 88.2. The number of benzene rings is 10. The molecule has 0 radical (unpaired) electrons. The first-order chi connectivity index (χ1) is 31.7. The fourth-order valence-electron chi connectivity index (χ4n) is 12.2. The monoisotopic (exact) mass is 809 g/mol. The predicted molar refractivity (Wildman–Crippen MR) is 264 cm³/mol. The Labute approximate surface area is 372 Å². The maximum absolute atomic E-state index is 5.54. The molecule has 10 aromatic carbocycles. The second kappa shape index (κ2) is 13.2. The first-order valence-electron chi connectivity index (χ1n) is 22.4. The fraction of sp³-hybridized carbons (Fsp3) is 0.0317. The summed E-state index contributed by atoms with van der Waals surface area (Å²) in [5.74, 6) is 0. The normalized spacial score (nSPS) is 14.2. The molecule has 3 aliphatic carbocycles. The highest BCUT2D eigenvalue weighted by Crippen LogP contribution is 2.63. The van der Waals surface area contributed by atoms with Crippen molar-refractivity contribution in [2.24, 2.45) is 0 Å². The molecular weight excluding hydrogens is 771 g/mol. The minimum Gasteiger partial charge on any atom is -0.247 e. The molecule has 64 heavy (non-hydrogen) atoms. The number of aromatic nitrogens is 1.